The highest BCUT2D eigenvalue weighted by atomic mass is 32.2. The van der Waals surface area contributed by atoms with Gasteiger partial charge in [-0.05, 0) is 36.4 Å². The van der Waals surface area contributed by atoms with Gasteiger partial charge in [0.1, 0.15) is 0 Å². The minimum Gasteiger partial charge on any atom is -0.267 e. The molecule has 8 heteroatoms. The zero-order valence-electron chi connectivity index (χ0n) is 15.4. The lowest BCUT2D eigenvalue weighted by Crippen LogP contribution is -2.31. The van der Waals surface area contributed by atoms with Crippen molar-refractivity contribution in [1.29, 1.82) is 0 Å². The Bertz CT molecular complexity index is 1070. The summed E-state index contributed by atoms with van der Waals surface area (Å²) in [5, 5.41) is 0. The lowest BCUT2D eigenvalue weighted by molar-refractivity contribution is 0.591. The van der Waals surface area contributed by atoms with Gasteiger partial charge in [0.25, 0.3) is 20.0 Å². The molecule has 0 unspecified atom stereocenters. The second-order valence-electron chi connectivity index (χ2n) is 6.06. The van der Waals surface area contributed by atoms with Crippen molar-refractivity contribution in [3.8, 4) is 0 Å². The van der Waals surface area contributed by atoms with Crippen LogP contribution in [-0.4, -0.2) is 30.9 Å². The van der Waals surface area contributed by atoms with Crippen LogP contribution < -0.4 is 8.61 Å². The van der Waals surface area contributed by atoms with Crippen molar-refractivity contribution >= 4 is 31.4 Å². The molecule has 0 bridgehead atoms. The molecule has 146 valence electrons. The van der Waals surface area contributed by atoms with Crippen LogP contribution in [0.15, 0.2) is 94.7 Å². The van der Waals surface area contributed by atoms with Crippen molar-refractivity contribution in [2.24, 2.45) is 0 Å². The highest BCUT2D eigenvalue weighted by Crippen LogP contribution is 2.34. The molecule has 6 nitrogen and oxygen atoms in total. The van der Waals surface area contributed by atoms with Gasteiger partial charge in [0.15, 0.2) is 0 Å². The topological polar surface area (TPSA) is 74.8 Å². The summed E-state index contributed by atoms with van der Waals surface area (Å²) in [6.45, 7) is 0. The molecular weight excluding hydrogens is 396 g/mol. The number of benzene rings is 3. The van der Waals surface area contributed by atoms with E-state index in [1.807, 2.05) is 0 Å². The summed E-state index contributed by atoms with van der Waals surface area (Å²) in [5.74, 6) is 0. The third-order valence-electron chi connectivity index (χ3n) is 4.36. The molecule has 0 radical (unpaired) electrons. The molecule has 3 aromatic carbocycles. The number of anilines is 2. The van der Waals surface area contributed by atoms with Crippen molar-refractivity contribution in [2.75, 3.05) is 22.7 Å². The molecule has 0 aliphatic heterocycles. The highest BCUT2D eigenvalue weighted by molar-refractivity contribution is 7.93. The molecule has 0 heterocycles. The largest absolute Gasteiger partial charge is 0.267 e. The molecule has 0 spiro atoms. The summed E-state index contributed by atoms with van der Waals surface area (Å²) >= 11 is 0. The fourth-order valence-electron chi connectivity index (χ4n) is 2.76. The third-order valence-corrected chi connectivity index (χ3v) is 7.93. The molecule has 0 aliphatic carbocycles. The van der Waals surface area contributed by atoms with Crippen molar-refractivity contribution < 1.29 is 16.8 Å². The molecule has 0 aliphatic rings. The number of rotatable bonds is 6. The lowest BCUT2D eigenvalue weighted by Gasteiger charge is -2.27. The van der Waals surface area contributed by atoms with Crippen LogP contribution in [0.4, 0.5) is 11.4 Å². The van der Waals surface area contributed by atoms with Crippen LogP contribution in [0.2, 0.25) is 0 Å². The van der Waals surface area contributed by atoms with Gasteiger partial charge in [-0.3, -0.25) is 8.61 Å². The van der Waals surface area contributed by atoms with E-state index in [1.54, 1.807) is 60.7 Å². The third kappa shape index (κ3) is 3.61. The molecule has 0 amide bonds. The Hall–Kier alpha value is -2.84. The van der Waals surface area contributed by atoms with Crippen LogP contribution in [0, 0.1) is 0 Å². The number of para-hydroxylation sites is 2. The molecule has 3 aromatic rings. The van der Waals surface area contributed by atoms with Gasteiger partial charge >= 0.3 is 0 Å². The Morgan fingerprint density at radius 2 is 0.786 bits per heavy atom. The Morgan fingerprint density at radius 3 is 1.11 bits per heavy atom. The summed E-state index contributed by atoms with van der Waals surface area (Å²) in [6.07, 6.45) is 0. The van der Waals surface area contributed by atoms with Crippen LogP contribution in [0.3, 0.4) is 0 Å². The first-order valence-electron chi connectivity index (χ1n) is 8.43. The molecule has 0 atom stereocenters. The van der Waals surface area contributed by atoms with Crippen LogP contribution >= 0.6 is 0 Å². The SMILES string of the molecule is CN(c1ccccc1N(C)S(=O)(=O)c1ccccc1)S(=O)(=O)c1ccccc1. The standard InChI is InChI=1S/C20H20N2O4S2/c1-21(27(23,24)17-11-5-3-6-12-17)19-15-9-10-16-20(19)22(2)28(25,26)18-13-7-4-8-14-18/h3-16H,1-2H3. The maximum Gasteiger partial charge on any atom is 0.264 e. The van der Waals surface area contributed by atoms with Crippen LogP contribution in [0.5, 0.6) is 0 Å². The summed E-state index contributed by atoms with van der Waals surface area (Å²) < 4.78 is 54.1. The van der Waals surface area contributed by atoms with E-state index in [0.29, 0.717) is 0 Å². The lowest BCUT2D eigenvalue weighted by atomic mass is 10.2. The van der Waals surface area contributed by atoms with Crippen molar-refractivity contribution in [2.45, 2.75) is 9.79 Å². The first-order valence-corrected chi connectivity index (χ1v) is 11.3. The summed E-state index contributed by atoms with van der Waals surface area (Å²) in [7, 11) is -4.88. The predicted molar refractivity (Wildman–Crippen MR) is 111 cm³/mol. The van der Waals surface area contributed by atoms with Gasteiger partial charge in [-0.2, -0.15) is 0 Å². The van der Waals surface area contributed by atoms with E-state index in [4.69, 9.17) is 0 Å². The van der Waals surface area contributed by atoms with Gasteiger partial charge in [0, 0.05) is 14.1 Å². The number of hydrogen-bond acceptors (Lipinski definition) is 4. The normalized spacial score (nSPS) is 11.8. The van der Waals surface area contributed by atoms with Crippen LogP contribution in [0.25, 0.3) is 0 Å². The quantitative estimate of drug-likeness (QED) is 0.618. The first kappa shape index (κ1) is 19.9. The number of sulfonamides is 2. The molecular formula is C20H20N2O4S2. The van der Waals surface area contributed by atoms with Gasteiger partial charge in [-0.1, -0.05) is 48.5 Å². The zero-order valence-corrected chi connectivity index (χ0v) is 17.1. The monoisotopic (exact) mass is 416 g/mol. The molecule has 3 rings (SSSR count). The molecule has 0 N–H and O–H groups in total. The fraction of sp³-hybridized carbons (Fsp3) is 0.100. The Labute approximate surface area is 165 Å². The van der Waals surface area contributed by atoms with E-state index in [2.05, 4.69) is 0 Å². The number of nitrogens with zero attached hydrogens (tertiary/aromatic N) is 2. The van der Waals surface area contributed by atoms with Crippen molar-refractivity contribution in [3.63, 3.8) is 0 Å². The van der Waals surface area contributed by atoms with Gasteiger partial charge in [-0.15, -0.1) is 0 Å². The molecule has 0 saturated heterocycles. The zero-order chi connectivity index (χ0) is 20.4. The molecule has 28 heavy (non-hydrogen) atoms. The van der Waals surface area contributed by atoms with Gasteiger partial charge in [-0.25, -0.2) is 16.8 Å². The minimum absolute atomic E-state index is 0.126. The second kappa shape index (κ2) is 7.65. The van der Waals surface area contributed by atoms with Gasteiger partial charge in [0.2, 0.25) is 0 Å². The fourth-order valence-corrected chi connectivity index (χ4v) is 5.22. The summed E-state index contributed by atoms with van der Waals surface area (Å²) in [4.78, 5) is 0.252. The Morgan fingerprint density at radius 1 is 0.500 bits per heavy atom. The molecule has 0 fully saturated rings. The minimum atomic E-state index is -3.85. The van der Waals surface area contributed by atoms with E-state index in [0.717, 1.165) is 8.61 Å². The average Bonchev–Trinajstić information content (AvgIpc) is 2.74. The van der Waals surface area contributed by atoms with E-state index < -0.39 is 20.0 Å². The van der Waals surface area contributed by atoms with Gasteiger partial charge in [0.05, 0.1) is 21.2 Å². The van der Waals surface area contributed by atoms with E-state index in [1.165, 1.54) is 38.4 Å². The van der Waals surface area contributed by atoms with Crippen molar-refractivity contribution in [1.82, 2.24) is 0 Å². The van der Waals surface area contributed by atoms with E-state index in [9.17, 15) is 16.8 Å². The smallest absolute Gasteiger partial charge is 0.264 e. The van der Waals surface area contributed by atoms with E-state index >= 15 is 0 Å². The predicted octanol–water partition coefficient (Wildman–Crippen LogP) is 3.34. The van der Waals surface area contributed by atoms with Crippen molar-refractivity contribution in [3.05, 3.63) is 84.9 Å². The maximum atomic E-state index is 13.0. The van der Waals surface area contributed by atoms with E-state index in [-0.39, 0.29) is 21.2 Å². The maximum absolute atomic E-state index is 13.0. The molecule has 0 saturated carbocycles. The second-order valence-corrected chi connectivity index (χ2v) is 10.00. The average molecular weight is 417 g/mol. The number of hydrogen-bond donors (Lipinski definition) is 0. The highest BCUT2D eigenvalue weighted by Gasteiger charge is 2.28. The van der Waals surface area contributed by atoms with Crippen LogP contribution in [-0.2, 0) is 20.0 Å². The van der Waals surface area contributed by atoms with Gasteiger partial charge < -0.3 is 0 Å². The van der Waals surface area contributed by atoms with Crippen LogP contribution in [0.1, 0.15) is 0 Å². The summed E-state index contributed by atoms with van der Waals surface area (Å²) in [6, 6.07) is 22.5. The first-order chi connectivity index (χ1) is 13.3. The summed E-state index contributed by atoms with van der Waals surface area (Å²) in [5.41, 5.74) is 0.515. The Kier molecular flexibility index (Phi) is 5.44. The Balaban J connectivity index is 2.07. The molecule has 0 aromatic heterocycles.